The summed E-state index contributed by atoms with van der Waals surface area (Å²) >= 11 is 5.92. The lowest BCUT2D eigenvalue weighted by molar-refractivity contribution is -0.130. The number of rotatable bonds is 2. The number of methoxy groups -OCH3 is 1. The smallest absolute Gasteiger partial charge is 0.249 e. The average molecular weight is 269 g/mol. The van der Waals surface area contributed by atoms with E-state index in [4.69, 9.17) is 16.3 Å². The maximum absolute atomic E-state index is 12.0. The molecule has 0 saturated carbocycles. The van der Waals surface area contributed by atoms with E-state index in [1.807, 2.05) is 0 Å². The van der Waals surface area contributed by atoms with Crippen molar-refractivity contribution in [3.8, 4) is 5.75 Å². The summed E-state index contributed by atoms with van der Waals surface area (Å²) in [5.41, 5.74) is 0.600. The molecule has 1 saturated heterocycles. The SMILES string of the molecule is COc1cc(N2CC(=O)NC(C)C2=O)ccc1Cl. The average Bonchev–Trinajstić information content (AvgIpc) is 2.34. The van der Waals surface area contributed by atoms with Gasteiger partial charge in [0.25, 0.3) is 0 Å². The van der Waals surface area contributed by atoms with Crippen LogP contribution in [0.25, 0.3) is 0 Å². The Balaban J connectivity index is 2.35. The number of amides is 2. The minimum Gasteiger partial charge on any atom is -0.495 e. The Labute approximate surface area is 110 Å². The van der Waals surface area contributed by atoms with Gasteiger partial charge in [0.05, 0.1) is 12.1 Å². The maximum Gasteiger partial charge on any atom is 0.249 e. The molecule has 1 aliphatic rings. The molecule has 0 spiro atoms. The minimum absolute atomic E-state index is 0.00790. The third-order valence-corrected chi connectivity index (χ3v) is 3.07. The summed E-state index contributed by atoms with van der Waals surface area (Å²) in [5, 5.41) is 3.04. The summed E-state index contributed by atoms with van der Waals surface area (Å²) in [4.78, 5) is 24.9. The second-order valence-corrected chi connectivity index (χ2v) is 4.44. The van der Waals surface area contributed by atoms with Gasteiger partial charge in [0.15, 0.2) is 0 Å². The van der Waals surface area contributed by atoms with E-state index in [0.717, 1.165) is 0 Å². The Kier molecular flexibility index (Phi) is 3.43. The number of piperazine rings is 1. The molecule has 1 heterocycles. The number of hydrogen-bond acceptors (Lipinski definition) is 3. The zero-order valence-corrected chi connectivity index (χ0v) is 10.8. The van der Waals surface area contributed by atoms with Gasteiger partial charge < -0.3 is 15.0 Å². The number of benzene rings is 1. The number of carbonyl (C=O) groups excluding carboxylic acids is 2. The summed E-state index contributed by atoms with van der Waals surface area (Å²) in [7, 11) is 1.50. The molecule has 0 aliphatic carbocycles. The lowest BCUT2D eigenvalue weighted by Crippen LogP contribution is -2.57. The van der Waals surface area contributed by atoms with Crippen LogP contribution in [0.1, 0.15) is 6.92 Å². The number of hydrogen-bond donors (Lipinski definition) is 1. The summed E-state index contributed by atoms with van der Waals surface area (Å²) in [6.07, 6.45) is 0. The summed E-state index contributed by atoms with van der Waals surface area (Å²) in [5.74, 6) is 0.135. The lowest BCUT2D eigenvalue weighted by atomic mass is 10.2. The van der Waals surface area contributed by atoms with Gasteiger partial charge in [0, 0.05) is 11.8 Å². The number of nitrogens with zero attached hydrogens (tertiary/aromatic N) is 1. The molecule has 1 aromatic rings. The topological polar surface area (TPSA) is 58.6 Å². The van der Waals surface area contributed by atoms with Gasteiger partial charge in [-0.2, -0.15) is 0 Å². The summed E-state index contributed by atoms with van der Waals surface area (Å²) in [6, 6.07) is 4.45. The fraction of sp³-hybridized carbons (Fsp3) is 0.333. The van der Waals surface area contributed by atoms with Crippen LogP contribution in [0, 0.1) is 0 Å². The van der Waals surface area contributed by atoms with Crippen LogP contribution in [0.2, 0.25) is 5.02 Å². The van der Waals surface area contributed by atoms with E-state index in [1.54, 1.807) is 25.1 Å². The monoisotopic (exact) mass is 268 g/mol. The van der Waals surface area contributed by atoms with Crippen LogP contribution in [0.5, 0.6) is 5.75 Å². The molecule has 6 heteroatoms. The van der Waals surface area contributed by atoms with Crippen LogP contribution >= 0.6 is 11.6 Å². The van der Waals surface area contributed by atoms with E-state index in [0.29, 0.717) is 16.5 Å². The van der Waals surface area contributed by atoms with E-state index in [9.17, 15) is 9.59 Å². The van der Waals surface area contributed by atoms with Crippen molar-refractivity contribution >= 4 is 29.1 Å². The van der Waals surface area contributed by atoms with E-state index in [-0.39, 0.29) is 18.4 Å². The molecular formula is C12H13ClN2O3. The van der Waals surface area contributed by atoms with E-state index in [1.165, 1.54) is 12.0 Å². The third kappa shape index (κ3) is 2.26. The van der Waals surface area contributed by atoms with Crippen LogP contribution < -0.4 is 15.0 Å². The number of anilines is 1. The molecule has 1 aliphatic heterocycles. The first-order valence-electron chi connectivity index (χ1n) is 5.47. The highest BCUT2D eigenvalue weighted by Crippen LogP contribution is 2.30. The molecule has 18 heavy (non-hydrogen) atoms. The lowest BCUT2D eigenvalue weighted by Gasteiger charge is -2.31. The quantitative estimate of drug-likeness (QED) is 0.877. The first-order chi connectivity index (χ1) is 8.52. The molecule has 0 bridgehead atoms. The molecular weight excluding hydrogens is 256 g/mol. The van der Waals surface area contributed by atoms with Crippen LogP contribution in [0.15, 0.2) is 18.2 Å². The van der Waals surface area contributed by atoms with E-state index in [2.05, 4.69) is 5.32 Å². The predicted octanol–water partition coefficient (Wildman–Crippen LogP) is 1.20. The van der Waals surface area contributed by atoms with Crippen molar-refractivity contribution in [2.75, 3.05) is 18.6 Å². The molecule has 1 aromatic carbocycles. The summed E-state index contributed by atoms with van der Waals surface area (Å²) < 4.78 is 5.09. The highest BCUT2D eigenvalue weighted by Gasteiger charge is 2.30. The normalized spacial score (nSPS) is 19.7. The molecule has 1 N–H and O–H groups in total. The Hall–Kier alpha value is -1.75. The standard InChI is InChI=1S/C12H13ClN2O3/c1-7-12(17)15(6-11(16)14-7)8-3-4-9(13)10(5-8)18-2/h3-5,7H,6H2,1-2H3,(H,14,16). The Bertz CT molecular complexity index is 504. The molecule has 1 fully saturated rings. The van der Waals surface area contributed by atoms with Crippen molar-refractivity contribution in [3.05, 3.63) is 23.2 Å². The van der Waals surface area contributed by atoms with Gasteiger partial charge in [-0.1, -0.05) is 11.6 Å². The molecule has 0 aromatic heterocycles. The first kappa shape index (κ1) is 12.7. The van der Waals surface area contributed by atoms with Gasteiger partial charge in [-0.05, 0) is 19.1 Å². The van der Waals surface area contributed by atoms with Crippen LogP contribution in [-0.2, 0) is 9.59 Å². The van der Waals surface area contributed by atoms with Gasteiger partial charge in [-0.15, -0.1) is 0 Å². The zero-order chi connectivity index (χ0) is 13.3. The molecule has 2 rings (SSSR count). The van der Waals surface area contributed by atoms with Gasteiger partial charge in [-0.3, -0.25) is 9.59 Å². The maximum atomic E-state index is 12.0. The Morgan fingerprint density at radius 3 is 2.83 bits per heavy atom. The molecule has 2 amide bonds. The Morgan fingerprint density at radius 1 is 1.44 bits per heavy atom. The van der Waals surface area contributed by atoms with E-state index >= 15 is 0 Å². The molecule has 1 unspecified atom stereocenters. The number of ether oxygens (including phenoxy) is 1. The third-order valence-electron chi connectivity index (χ3n) is 2.76. The van der Waals surface area contributed by atoms with Crippen molar-refractivity contribution < 1.29 is 14.3 Å². The Morgan fingerprint density at radius 2 is 2.17 bits per heavy atom. The van der Waals surface area contributed by atoms with Crippen LogP contribution in [0.4, 0.5) is 5.69 Å². The van der Waals surface area contributed by atoms with Crippen molar-refractivity contribution in [1.29, 1.82) is 0 Å². The highest BCUT2D eigenvalue weighted by atomic mass is 35.5. The molecule has 1 atom stereocenters. The van der Waals surface area contributed by atoms with E-state index < -0.39 is 6.04 Å². The van der Waals surface area contributed by atoms with Gasteiger partial charge in [0.1, 0.15) is 18.3 Å². The second-order valence-electron chi connectivity index (χ2n) is 4.03. The number of halogens is 1. The van der Waals surface area contributed by atoms with Crippen molar-refractivity contribution in [3.63, 3.8) is 0 Å². The largest absolute Gasteiger partial charge is 0.495 e. The second kappa shape index (κ2) is 4.86. The zero-order valence-electron chi connectivity index (χ0n) is 10.1. The van der Waals surface area contributed by atoms with Crippen molar-refractivity contribution in [1.82, 2.24) is 5.32 Å². The molecule has 96 valence electrons. The highest BCUT2D eigenvalue weighted by molar-refractivity contribution is 6.32. The van der Waals surface area contributed by atoms with Gasteiger partial charge >= 0.3 is 0 Å². The van der Waals surface area contributed by atoms with Crippen molar-refractivity contribution in [2.45, 2.75) is 13.0 Å². The summed E-state index contributed by atoms with van der Waals surface area (Å²) in [6.45, 7) is 1.66. The fourth-order valence-corrected chi connectivity index (χ4v) is 2.03. The van der Waals surface area contributed by atoms with Gasteiger partial charge in [0.2, 0.25) is 11.8 Å². The molecule has 5 nitrogen and oxygen atoms in total. The minimum atomic E-state index is -0.520. The fourth-order valence-electron chi connectivity index (χ4n) is 1.84. The first-order valence-corrected chi connectivity index (χ1v) is 5.85. The number of carbonyl (C=O) groups is 2. The predicted molar refractivity (Wildman–Crippen MR) is 68.0 cm³/mol. The molecule has 0 radical (unpaired) electrons. The number of nitrogens with one attached hydrogen (secondary N) is 1. The van der Waals surface area contributed by atoms with Crippen LogP contribution in [0.3, 0.4) is 0 Å². The van der Waals surface area contributed by atoms with Gasteiger partial charge in [-0.25, -0.2) is 0 Å². The van der Waals surface area contributed by atoms with Crippen molar-refractivity contribution in [2.24, 2.45) is 0 Å². The van der Waals surface area contributed by atoms with Crippen LogP contribution in [-0.4, -0.2) is 31.5 Å².